The number of methoxy groups -OCH3 is 1. The van der Waals surface area contributed by atoms with E-state index < -0.39 is 0 Å². The first kappa shape index (κ1) is 31.1. The number of halogens is 1. The van der Waals surface area contributed by atoms with E-state index in [1.807, 2.05) is 41.3 Å². The van der Waals surface area contributed by atoms with Gasteiger partial charge in [0.2, 0.25) is 5.91 Å². The molecule has 1 atom stereocenters. The van der Waals surface area contributed by atoms with Gasteiger partial charge >= 0.3 is 6.03 Å². The maximum absolute atomic E-state index is 13.4. The molecule has 8 heteroatoms. The number of amides is 3. The van der Waals surface area contributed by atoms with Crippen LogP contribution in [0.4, 0.5) is 14.9 Å². The number of rotatable bonds is 11. The van der Waals surface area contributed by atoms with Gasteiger partial charge in [-0.05, 0) is 42.0 Å². The van der Waals surface area contributed by atoms with Crippen LogP contribution in [-0.4, -0.2) is 79.6 Å². The number of para-hydroxylation sites is 1. The smallest absolute Gasteiger partial charge is 0.321 e. The van der Waals surface area contributed by atoms with Crippen LogP contribution < -0.4 is 10.1 Å². The van der Waals surface area contributed by atoms with Crippen molar-refractivity contribution < 1.29 is 18.7 Å². The average Bonchev–Trinajstić information content (AvgIpc) is 2.90. The largest absolute Gasteiger partial charge is 0.496 e. The molecule has 1 aliphatic heterocycles. The van der Waals surface area contributed by atoms with Crippen molar-refractivity contribution in [2.45, 2.75) is 40.5 Å². The summed E-state index contributed by atoms with van der Waals surface area (Å²) in [6.07, 6.45) is 5.55. The molecule has 40 heavy (non-hydrogen) atoms. The zero-order valence-electron chi connectivity index (χ0n) is 24.7. The van der Waals surface area contributed by atoms with Crippen LogP contribution in [0.5, 0.6) is 5.75 Å². The molecule has 1 saturated heterocycles. The van der Waals surface area contributed by atoms with E-state index in [9.17, 15) is 14.0 Å². The lowest BCUT2D eigenvalue weighted by molar-refractivity contribution is -0.132. The average molecular weight is 553 g/mol. The van der Waals surface area contributed by atoms with Crippen LogP contribution in [0.1, 0.15) is 46.1 Å². The minimum atomic E-state index is -0.382. The van der Waals surface area contributed by atoms with Gasteiger partial charge in [-0.25, -0.2) is 9.18 Å². The Morgan fingerprint density at radius 3 is 2.50 bits per heavy atom. The standard InChI is InChI=1S/C32H45FN4O3/c1-25(24-32(2,3)4)22-30(38)36(15-9-11-26-10-6-7-14-29(26)40-5)19-16-35-17-20-37(21-18-35)31(39)34-28-13-8-12-27(33)23-28/h6-14,23,25H,15-22,24H2,1-5H3,(H,34,39)/b11-9+. The van der Waals surface area contributed by atoms with Gasteiger partial charge in [0.05, 0.1) is 7.11 Å². The number of piperazine rings is 1. The summed E-state index contributed by atoms with van der Waals surface area (Å²) in [7, 11) is 1.66. The van der Waals surface area contributed by atoms with E-state index in [2.05, 4.69) is 37.9 Å². The van der Waals surface area contributed by atoms with Gasteiger partial charge < -0.3 is 19.9 Å². The number of urea groups is 1. The second kappa shape index (κ2) is 14.8. The molecule has 1 N–H and O–H groups in total. The summed E-state index contributed by atoms with van der Waals surface area (Å²) in [5.74, 6) is 0.880. The number of ether oxygens (including phenoxy) is 1. The lowest BCUT2D eigenvalue weighted by Crippen LogP contribution is -2.51. The maximum atomic E-state index is 13.4. The second-order valence-electron chi connectivity index (χ2n) is 11.8. The fraction of sp³-hybridized carbons (Fsp3) is 0.500. The predicted octanol–water partition coefficient (Wildman–Crippen LogP) is 5.99. The van der Waals surface area contributed by atoms with Gasteiger partial charge in [0.15, 0.2) is 0 Å². The molecule has 3 amide bonds. The Kier molecular flexibility index (Phi) is 11.6. The Morgan fingerprint density at radius 2 is 1.82 bits per heavy atom. The molecule has 0 aliphatic carbocycles. The summed E-state index contributed by atoms with van der Waals surface area (Å²) in [5, 5.41) is 2.77. The highest BCUT2D eigenvalue weighted by Gasteiger charge is 2.24. The molecule has 0 bridgehead atoms. The third-order valence-corrected chi connectivity index (χ3v) is 7.02. The minimum Gasteiger partial charge on any atom is -0.496 e. The Bertz CT molecular complexity index is 1140. The van der Waals surface area contributed by atoms with Crippen LogP contribution in [0.25, 0.3) is 6.08 Å². The van der Waals surface area contributed by atoms with Crippen molar-refractivity contribution in [1.29, 1.82) is 0 Å². The molecule has 0 saturated carbocycles. The highest BCUT2D eigenvalue weighted by atomic mass is 19.1. The maximum Gasteiger partial charge on any atom is 0.321 e. The third kappa shape index (κ3) is 10.3. The fourth-order valence-corrected chi connectivity index (χ4v) is 5.18. The van der Waals surface area contributed by atoms with Crippen molar-refractivity contribution >= 4 is 23.7 Å². The summed E-state index contributed by atoms with van der Waals surface area (Å²) < 4.78 is 18.9. The van der Waals surface area contributed by atoms with Crippen LogP contribution >= 0.6 is 0 Å². The number of carbonyl (C=O) groups is 2. The van der Waals surface area contributed by atoms with Crippen LogP contribution in [-0.2, 0) is 4.79 Å². The molecule has 0 aromatic heterocycles. The predicted molar refractivity (Wildman–Crippen MR) is 160 cm³/mol. The number of hydrogen-bond acceptors (Lipinski definition) is 4. The van der Waals surface area contributed by atoms with Crippen LogP contribution in [0.3, 0.4) is 0 Å². The quantitative estimate of drug-likeness (QED) is 0.372. The van der Waals surface area contributed by atoms with E-state index >= 15 is 0 Å². The van der Waals surface area contributed by atoms with Gasteiger partial charge in [0.25, 0.3) is 0 Å². The summed E-state index contributed by atoms with van der Waals surface area (Å²) >= 11 is 0. The Hall–Kier alpha value is -3.39. The first-order valence-electron chi connectivity index (χ1n) is 14.2. The highest BCUT2D eigenvalue weighted by molar-refractivity contribution is 5.89. The van der Waals surface area contributed by atoms with Gasteiger partial charge in [-0.15, -0.1) is 0 Å². The second-order valence-corrected chi connectivity index (χ2v) is 11.8. The van der Waals surface area contributed by atoms with Crippen molar-refractivity contribution in [3.63, 3.8) is 0 Å². The number of hydrogen-bond donors (Lipinski definition) is 1. The SMILES string of the molecule is COc1ccccc1/C=C/CN(CCN1CCN(C(=O)Nc2cccc(F)c2)CC1)C(=O)CC(C)CC(C)(C)C. The number of nitrogens with one attached hydrogen (secondary N) is 1. The van der Waals surface area contributed by atoms with Crippen molar-refractivity contribution in [3.05, 3.63) is 66.0 Å². The lowest BCUT2D eigenvalue weighted by Gasteiger charge is -2.36. The van der Waals surface area contributed by atoms with Crippen LogP contribution in [0, 0.1) is 17.2 Å². The zero-order chi connectivity index (χ0) is 29.1. The number of carbonyl (C=O) groups excluding carboxylic acids is 2. The molecule has 1 fully saturated rings. The summed E-state index contributed by atoms with van der Waals surface area (Å²) in [6, 6.07) is 13.5. The molecular weight excluding hydrogens is 507 g/mol. The zero-order valence-corrected chi connectivity index (χ0v) is 24.7. The highest BCUT2D eigenvalue weighted by Crippen LogP contribution is 2.26. The van der Waals surface area contributed by atoms with Gasteiger partial charge in [0.1, 0.15) is 11.6 Å². The molecule has 0 spiro atoms. The number of anilines is 1. The normalized spacial score (nSPS) is 15.2. The van der Waals surface area contributed by atoms with Crippen molar-refractivity contribution in [1.82, 2.24) is 14.7 Å². The van der Waals surface area contributed by atoms with E-state index in [0.29, 0.717) is 44.2 Å². The third-order valence-electron chi connectivity index (χ3n) is 7.02. The summed E-state index contributed by atoms with van der Waals surface area (Å²) in [4.78, 5) is 32.0. The van der Waals surface area contributed by atoms with E-state index in [0.717, 1.165) is 37.4 Å². The van der Waals surface area contributed by atoms with Crippen LogP contribution in [0.2, 0.25) is 0 Å². The van der Waals surface area contributed by atoms with E-state index in [1.54, 1.807) is 24.1 Å². The molecule has 1 heterocycles. The molecule has 7 nitrogen and oxygen atoms in total. The lowest BCUT2D eigenvalue weighted by atomic mass is 9.84. The molecule has 3 rings (SSSR count). The van der Waals surface area contributed by atoms with Crippen molar-refractivity contribution in [2.24, 2.45) is 11.3 Å². The molecular formula is C32H45FN4O3. The molecule has 0 radical (unpaired) electrons. The first-order chi connectivity index (χ1) is 19.0. The van der Waals surface area contributed by atoms with E-state index in [-0.39, 0.29) is 23.2 Å². The molecule has 2 aromatic rings. The number of benzene rings is 2. The Balaban J connectivity index is 1.55. The minimum absolute atomic E-state index is 0.162. The Morgan fingerprint density at radius 1 is 1.10 bits per heavy atom. The van der Waals surface area contributed by atoms with Gasteiger partial charge in [-0.2, -0.15) is 0 Å². The molecule has 218 valence electrons. The topological polar surface area (TPSA) is 65.1 Å². The first-order valence-corrected chi connectivity index (χ1v) is 14.2. The molecule has 1 unspecified atom stereocenters. The van der Waals surface area contributed by atoms with Gasteiger partial charge in [-0.1, -0.05) is 64.1 Å². The van der Waals surface area contributed by atoms with E-state index in [4.69, 9.17) is 4.74 Å². The van der Waals surface area contributed by atoms with Gasteiger partial charge in [0, 0.05) is 63.5 Å². The van der Waals surface area contributed by atoms with Gasteiger partial charge in [-0.3, -0.25) is 9.69 Å². The van der Waals surface area contributed by atoms with Crippen LogP contribution in [0.15, 0.2) is 54.6 Å². The monoisotopic (exact) mass is 552 g/mol. The Labute approximate surface area is 239 Å². The summed E-state index contributed by atoms with van der Waals surface area (Å²) in [6.45, 7) is 13.2. The fourth-order valence-electron chi connectivity index (χ4n) is 5.18. The summed E-state index contributed by atoms with van der Waals surface area (Å²) in [5.41, 5.74) is 1.60. The van der Waals surface area contributed by atoms with E-state index in [1.165, 1.54) is 12.1 Å². The number of nitrogens with zero attached hydrogens (tertiary/aromatic N) is 3. The van der Waals surface area contributed by atoms with Crippen molar-refractivity contribution in [3.8, 4) is 5.75 Å². The van der Waals surface area contributed by atoms with Crippen molar-refractivity contribution in [2.75, 3.05) is 58.2 Å². The molecule has 1 aliphatic rings. The molecule has 2 aromatic carbocycles.